The molecule has 0 spiro atoms. The number of rotatable bonds is 7. The van der Waals surface area contributed by atoms with E-state index >= 15 is 0 Å². The van der Waals surface area contributed by atoms with Crippen molar-refractivity contribution in [3.05, 3.63) is 34.0 Å². The summed E-state index contributed by atoms with van der Waals surface area (Å²) >= 11 is 7.55. The number of hydrogen-bond acceptors (Lipinski definition) is 2. The van der Waals surface area contributed by atoms with E-state index in [2.05, 4.69) is 31.8 Å². The second-order valence-corrected chi connectivity index (χ2v) is 6.00. The number of hydrogen-bond donors (Lipinski definition) is 1. The Balaban J connectivity index is 2.22. The molecule has 0 aromatic carbocycles. The first-order valence-electron chi connectivity index (χ1n) is 5.72. The molecule has 3 heteroatoms. The van der Waals surface area contributed by atoms with Crippen molar-refractivity contribution in [3.63, 3.8) is 0 Å². The average Bonchev–Trinajstić information content (AvgIpc) is 2.64. The largest absolute Gasteiger partial charge is 0.314 e. The third-order valence-corrected chi connectivity index (χ3v) is 4.15. The molecule has 1 nitrogen and oxygen atoms in total. The Hall–Kier alpha value is -0.310. The molecule has 0 saturated heterocycles. The smallest absolute Gasteiger partial charge is 0.0931 e. The van der Waals surface area contributed by atoms with Crippen molar-refractivity contribution in [2.24, 2.45) is 5.92 Å². The average molecular weight is 258 g/mol. The van der Waals surface area contributed by atoms with Gasteiger partial charge in [-0.1, -0.05) is 24.6 Å². The Bertz CT molecular complexity index is 321. The van der Waals surface area contributed by atoms with Gasteiger partial charge in [0.05, 0.1) is 4.34 Å². The standard InChI is InChI=1S/C13H20ClNS/c1-4-5-10(2)11(3)15-9-8-12-6-7-13(14)16-12/h4,6-7,10-11,15H,1,5,8-9H2,2-3H3. The van der Waals surface area contributed by atoms with Crippen LogP contribution in [0, 0.1) is 5.92 Å². The molecular formula is C13H20ClNS. The molecule has 1 aromatic rings. The molecule has 0 aliphatic carbocycles. The van der Waals surface area contributed by atoms with E-state index in [1.165, 1.54) is 4.88 Å². The van der Waals surface area contributed by atoms with Crippen molar-refractivity contribution in [2.45, 2.75) is 32.7 Å². The van der Waals surface area contributed by atoms with Gasteiger partial charge in [0.1, 0.15) is 0 Å². The molecule has 2 atom stereocenters. The summed E-state index contributed by atoms with van der Waals surface area (Å²) in [5, 5.41) is 3.54. The zero-order chi connectivity index (χ0) is 12.0. The zero-order valence-electron chi connectivity index (χ0n) is 10.0. The molecule has 0 saturated carbocycles. The molecule has 0 fully saturated rings. The molecular weight excluding hydrogens is 238 g/mol. The minimum Gasteiger partial charge on any atom is -0.314 e. The fourth-order valence-corrected chi connectivity index (χ4v) is 2.66. The highest BCUT2D eigenvalue weighted by Crippen LogP contribution is 2.21. The summed E-state index contributed by atoms with van der Waals surface area (Å²) in [5.41, 5.74) is 0. The number of allylic oxidation sites excluding steroid dienone is 1. The van der Waals surface area contributed by atoms with Crippen LogP contribution < -0.4 is 5.32 Å². The molecule has 16 heavy (non-hydrogen) atoms. The van der Waals surface area contributed by atoms with E-state index in [9.17, 15) is 0 Å². The predicted molar refractivity (Wildman–Crippen MR) is 74.5 cm³/mol. The van der Waals surface area contributed by atoms with Crippen LogP contribution in [0.4, 0.5) is 0 Å². The summed E-state index contributed by atoms with van der Waals surface area (Å²) in [4.78, 5) is 1.35. The van der Waals surface area contributed by atoms with Crippen LogP contribution in [0.5, 0.6) is 0 Å². The lowest BCUT2D eigenvalue weighted by molar-refractivity contribution is 0.406. The first-order chi connectivity index (χ1) is 7.63. The molecule has 1 aromatic heterocycles. The van der Waals surface area contributed by atoms with Gasteiger partial charge in [0.15, 0.2) is 0 Å². The number of nitrogens with one attached hydrogen (secondary N) is 1. The fraction of sp³-hybridized carbons (Fsp3) is 0.538. The van der Waals surface area contributed by atoms with Gasteiger partial charge in [-0.25, -0.2) is 0 Å². The Morgan fingerprint density at radius 3 is 2.81 bits per heavy atom. The first-order valence-corrected chi connectivity index (χ1v) is 6.91. The van der Waals surface area contributed by atoms with Crippen LogP contribution in [-0.2, 0) is 6.42 Å². The summed E-state index contributed by atoms with van der Waals surface area (Å²) in [7, 11) is 0. The summed E-state index contributed by atoms with van der Waals surface area (Å²) in [6.07, 6.45) is 4.11. The maximum absolute atomic E-state index is 5.88. The summed E-state index contributed by atoms with van der Waals surface area (Å²) in [5.74, 6) is 0.643. The van der Waals surface area contributed by atoms with Gasteiger partial charge in [0.2, 0.25) is 0 Å². The molecule has 1 heterocycles. The van der Waals surface area contributed by atoms with E-state index in [0.717, 1.165) is 23.7 Å². The lowest BCUT2D eigenvalue weighted by atomic mass is 10.00. The van der Waals surface area contributed by atoms with Crippen LogP contribution in [-0.4, -0.2) is 12.6 Å². The molecule has 90 valence electrons. The van der Waals surface area contributed by atoms with E-state index in [0.29, 0.717) is 12.0 Å². The number of halogens is 1. The van der Waals surface area contributed by atoms with Gasteiger partial charge in [0, 0.05) is 17.5 Å². The van der Waals surface area contributed by atoms with Gasteiger partial charge in [-0.3, -0.25) is 0 Å². The number of thiophene rings is 1. The second kappa shape index (κ2) is 7.10. The highest BCUT2D eigenvalue weighted by atomic mass is 35.5. The maximum Gasteiger partial charge on any atom is 0.0931 e. The van der Waals surface area contributed by atoms with Crippen molar-refractivity contribution in [1.82, 2.24) is 5.32 Å². The topological polar surface area (TPSA) is 12.0 Å². The van der Waals surface area contributed by atoms with Gasteiger partial charge in [-0.15, -0.1) is 17.9 Å². The van der Waals surface area contributed by atoms with Gasteiger partial charge >= 0.3 is 0 Å². The SMILES string of the molecule is C=CCC(C)C(C)NCCc1ccc(Cl)s1. The van der Waals surface area contributed by atoms with E-state index in [1.807, 2.05) is 12.1 Å². The molecule has 0 radical (unpaired) electrons. The highest BCUT2D eigenvalue weighted by molar-refractivity contribution is 7.16. The van der Waals surface area contributed by atoms with Crippen LogP contribution in [0.25, 0.3) is 0 Å². The minimum atomic E-state index is 0.536. The summed E-state index contributed by atoms with van der Waals surface area (Å²) in [6.45, 7) is 9.27. The van der Waals surface area contributed by atoms with Crippen molar-refractivity contribution in [3.8, 4) is 0 Å². The quantitative estimate of drug-likeness (QED) is 0.724. The predicted octanol–water partition coefficient (Wildman–Crippen LogP) is 4.13. The van der Waals surface area contributed by atoms with E-state index in [4.69, 9.17) is 11.6 Å². The Labute approximate surface area is 108 Å². The molecule has 1 rings (SSSR count). The van der Waals surface area contributed by atoms with Crippen molar-refractivity contribution < 1.29 is 0 Å². The normalized spacial score (nSPS) is 14.7. The highest BCUT2D eigenvalue weighted by Gasteiger charge is 2.09. The van der Waals surface area contributed by atoms with E-state index in [1.54, 1.807) is 11.3 Å². The van der Waals surface area contributed by atoms with E-state index < -0.39 is 0 Å². The summed E-state index contributed by atoms with van der Waals surface area (Å²) < 4.78 is 0.878. The molecule has 0 aliphatic heterocycles. The monoisotopic (exact) mass is 257 g/mol. The molecule has 0 amide bonds. The minimum absolute atomic E-state index is 0.536. The van der Waals surface area contributed by atoms with Gasteiger partial charge < -0.3 is 5.32 Å². The Morgan fingerprint density at radius 1 is 1.50 bits per heavy atom. The first kappa shape index (κ1) is 13.8. The van der Waals surface area contributed by atoms with Crippen LogP contribution in [0.1, 0.15) is 25.1 Å². The van der Waals surface area contributed by atoms with Crippen molar-refractivity contribution >= 4 is 22.9 Å². The van der Waals surface area contributed by atoms with Crippen molar-refractivity contribution in [2.75, 3.05) is 6.54 Å². The van der Waals surface area contributed by atoms with Crippen LogP contribution >= 0.6 is 22.9 Å². The second-order valence-electron chi connectivity index (χ2n) is 4.20. The third-order valence-electron chi connectivity index (χ3n) is 2.86. The van der Waals surface area contributed by atoms with Crippen LogP contribution in [0.15, 0.2) is 24.8 Å². The lowest BCUT2D eigenvalue weighted by Gasteiger charge is -2.19. The van der Waals surface area contributed by atoms with Gasteiger partial charge in [0.25, 0.3) is 0 Å². The molecule has 2 unspecified atom stereocenters. The van der Waals surface area contributed by atoms with Crippen LogP contribution in [0.2, 0.25) is 4.34 Å². The Morgan fingerprint density at radius 2 is 2.25 bits per heavy atom. The van der Waals surface area contributed by atoms with Gasteiger partial charge in [-0.2, -0.15) is 0 Å². The van der Waals surface area contributed by atoms with Crippen molar-refractivity contribution in [1.29, 1.82) is 0 Å². The summed E-state index contributed by atoms with van der Waals surface area (Å²) in [6, 6.07) is 4.60. The lowest BCUT2D eigenvalue weighted by Crippen LogP contribution is -2.33. The Kier molecular flexibility index (Phi) is 6.10. The third kappa shape index (κ3) is 4.69. The zero-order valence-corrected chi connectivity index (χ0v) is 11.6. The molecule has 0 bridgehead atoms. The van der Waals surface area contributed by atoms with Gasteiger partial charge in [-0.05, 0) is 37.8 Å². The maximum atomic E-state index is 5.88. The molecule has 1 N–H and O–H groups in total. The van der Waals surface area contributed by atoms with Crippen LogP contribution in [0.3, 0.4) is 0 Å². The molecule has 0 aliphatic rings. The fourth-order valence-electron chi connectivity index (χ4n) is 1.58. The van der Waals surface area contributed by atoms with E-state index in [-0.39, 0.29) is 0 Å².